The minimum Gasteiger partial charge on any atom is -0.391 e. The molecule has 0 unspecified atom stereocenters. The lowest BCUT2D eigenvalue weighted by Gasteiger charge is -2.34. The maximum absolute atomic E-state index is 12.3. The van der Waals surface area contributed by atoms with Gasteiger partial charge in [0, 0.05) is 19.0 Å². The summed E-state index contributed by atoms with van der Waals surface area (Å²) in [5.41, 5.74) is 2.33. The van der Waals surface area contributed by atoms with Crippen molar-refractivity contribution in [1.82, 2.24) is 10.2 Å². The molecular weight excluding hydrogens is 305 g/mol. The number of alkyl halides is 3. The minimum absolute atomic E-state index is 0.0575. The summed E-state index contributed by atoms with van der Waals surface area (Å²) in [4.78, 5) is 1.88. The zero-order chi connectivity index (χ0) is 16.4. The number of rotatable bonds is 4. The Balaban J connectivity index is 1.50. The number of aliphatic hydroxyl groups excluding tert-OH is 1. The molecule has 2 N–H and O–H groups in total. The number of hydrogen-bond acceptors (Lipinski definition) is 3. The number of nitrogens with zero attached hydrogens (tertiary/aromatic N) is 1. The van der Waals surface area contributed by atoms with Gasteiger partial charge < -0.3 is 15.3 Å². The largest absolute Gasteiger partial charge is 0.391 e. The van der Waals surface area contributed by atoms with Crippen LogP contribution in [0.4, 0.5) is 13.2 Å². The van der Waals surface area contributed by atoms with Crippen LogP contribution in [-0.4, -0.2) is 48.0 Å². The molecule has 1 saturated heterocycles. The van der Waals surface area contributed by atoms with Crippen LogP contribution in [0.25, 0.3) is 0 Å². The fourth-order valence-corrected chi connectivity index (χ4v) is 3.64. The van der Waals surface area contributed by atoms with Crippen molar-refractivity contribution in [1.29, 1.82) is 0 Å². The lowest BCUT2D eigenvalue weighted by molar-refractivity contribution is -0.138. The first kappa shape index (κ1) is 16.7. The SMILES string of the molecule is O[C@@H]1Cc2ccccc2[C@@H]1NC1CCN(CCC(F)(F)F)CC1. The summed E-state index contributed by atoms with van der Waals surface area (Å²) in [6.07, 6.45) is -2.92. The molecule has 3 nitrogen and oxygen atoms in total. The molecule has 0 aromatic heterocycles. The molecule has 1 aliphatic carbocycles. The third-order valence-corrected chi connectivity index (χ3v) is 4.92. The van der Waals surface area contributed by atoms with Gasteiger partial charge in [0.25, 0.3) is 0 Å². The molecule has 3 rings (SSSR count). The highest BCUT2D eigenvalue weighted by molar-refractivity contribution is 5.36. The van der Waals surface area contributed by atoms with Crippen LogP contribution in [-0.2, 0) is 6.42 Å². The quantitative estimate of drug-likeness (QED) is 0.892. The highest BCUT2D eigenvalue weighted by Crippen LogP contribution is 2.32. The van der Waals surface area contributed by atoms with Crippen LogP contribution in [0.15, 0.2) is 24.3 Å². The summed E-state index contributed by atoms with van der Waals surface area (Å²) < 4.78 is 36.8. The predicted octanol–water partition coefficient (Wildman–Crippen LogP) is 2.65. The molecular formula is C17H23F3N2O. The summed E-state index contributed by atoms with van der Waals surface area (Å²) in [5.74, 6) is 0. The zero-order valence-corrected chi connectivity index (χ0v) is 13.0. The lowest BCUT2D eigenvalue weighted by atomic mass is 10.0. The van der Waals surface area contributed by atoms with Crippen LogP contribution in [0, 0.1) is 0 Å². The molecule has 6 heteroatoms. The second kappa shape index (κ2) is 6.79. The number of piperidine rings is 1. The van der Waals surface area contributed by atoms with Crippen molar-refractivity contribution < 1.29 is 18.3 Å². The van der Waals surface area contributed by atoms with E-state index in [1.54, 1.807) is 0 Å². The van der Waals surface area contributed by atoms with Crippen LogP contribution in [0.2, 0.25) is 0 Å². The van der Waals surface area contributed by atoms with E-state index in [4.69, 9.17) is 0 Å². The van der Waals surface area contributed by atoms with Gasteiger partial charge in [-0.25, -0.2) is 0 Å². The van der Waals surface area contributed by atoms with Crippen LogP contribution in [0.1, 0.15) is 36.4 Å². The van der Waals surface area contributed by atoms with Gasteiger partial charge in [-0.1, -0.05) is 24.3 Å². The van der Waals surface area contributed by atoms with Gasteiger partial charge in [0.1, 0.15) is 0 Å². The molecule has 2 aliphatic rings. The Labute approximate surface area is 134 Å². The average molecular weight is 328 g/mol. The number of likely N-dealkylation sites (tertiary alicyclic amines) is 1. The van der Waals surface area contributed by atoms with Crippen molar-refractivity contribution in [2.24, 2.45) is 0 Å². The van der Waals surface area contributed by atoms with Crippen molar-refractivity contribution in [3.05, 3.63) is 35.4 Å². The van der Waals surface area contributed by atoms with Gasteiger partial charge in [0.2, 0.25) is 0 Å². The molecule has 0 spiro atoms. The Kier molecular flexibility index (Phi) is 4.94. The minimum atomic E-state index is -4.08. The summed E-state index contributed by atoms with van der Waals surface area (Å²) in [7, 11) is 0. The molecule has 2 atom stereocenters. The molecule has 1 heterocycles. The van der Waals surface area contributed by atoms with Gasteiger partial charge in [-0.3, -0.25) is 0 Å². The Morgan fingerprint density at radius 2 is 1.87 bits per heavy atom. The van der Waals surface area contributed by atoms with E-state index < -0.39 is 18.7 Å². The van der Waals surface area contributed by atoms with Crippen molar-refractivity contribution in [3.8, 4) is 0 Å². The highest BCUT2D eigenvalue weighted by atomic mass is 19.4. The van der Waals surface area contributed by atoms with Gasteiger partial charge in [-0.05, 0) is 37.1 Å². The topological polar surface area (TPSA) is 35.5 Å². The third-order valence-electron chi connectivity index (χ3n) is 4.92. The molecule has 1 aliphatic heterocycles. The number of fused-ring (bicyclic) bond motifs is 1. The number of aliphatic hydroxyl groups is 1. The van der Waals surface area contributed by atoms with Crippen LogP contribution in [0.5, 0.6) is 0 Å². The van der Waals surface area contributed by atoms with Gasteiger partial charge in [-0.2, -0.15) is 13.2 Å². The van der Waals surface area contributed by atoms with Crippen molar-refractivity contribution in [2.75, 3.05) is 19.6 Å². The van der Waals surface area contributed by atoms with E-state index in [2.05, 4.69) is 5.32 Å². The van der Waals surface area contributed by atoms with Crippen LogP contribution < -0.4 is 5.32 Å². The predicted molar refractivity (Wildman–Crippen MR) is 82.2 cm³/mol. The first-order chi connectivity index (χ1) is 10.9. The van der Waals surface area contributed by atoms with Gasteiger partial charge >= 0.3 is 6.18 Å². The number of benzene rings is 1. The fourth-order valence-electron chi connectivity index (χ4n) is 3.64. The lowest BCUT2D eigenvalue weighted by Crippen LogP contribution is -2.45. The normalized spacial score (nSPS) is 26.4. The van der Waals surface area contributed by atoms with E-state index in [1.165, 1.54) is 5.56 Å². The Hall–Kier alpha value is -1.11. The fraction of sp³-hybridized carbons (Fsp3) is 0.647. The highest BCUT2D eigenvalue weighted by Gasteiger charge is 2.33. The molecule has 1 fully saturated rings. The number of halogens is 3. The molecule has 0 bridgehead atoms. The Morgan fingerprint density at radius 1 is 1.17 bits per heavy atom. The van der Waals surface area contributed by atoms with Crippen molar-refractivity contribution >= 4 is 0 Å². The summed E-state index contributed by atoms with van der Waals surface area (Å²) in [6, 6.07) is 8.24. The summed E-state index contributed by atoms with van der Waals surface area (Å²) >= 11 is 0. The maximum atomic E-state index is 12.3. The smallest absolute Gasteiger partial charge is 0.390 e. The van der Waals surface area contributed by atoms with E-state index in [-0.39, 0.29) is 18.6 Å². The Bertz CT molecular complexity index is 527. The molecule has 0 saturated carbocycles. The van der Waals surface area contributed by atoms with E-state index in [0.29, 0.717) is 19.5 Å². The second-order valence-corrected chi connectivity index (χ2v) is 6.60. The molecule has 23 heavy (non-hydrogen) atoms. The Morgan fingerprint density at radius 3 is 2.57 bits per heavy atom. The number of nitrogens with one attached hydrogen (secondary N) is 1. The summed E-state index contributed by atoms with van der Waals surface area (Å²) in [6.45, 7) is 1.45. The van der Waals surface area contributed by atoms with Crippen molar-refractivity contribution in [2.45, 2.75) is 50.0 Å². The van der Waals surface area contributed by atoms with Crippen LogP contribution >= 0.6 is 0 Å². The van der Waals surface area contributed by atoms with E-state index >= 15 is 0 Å². The first-order valence-electron chi connectivity index (χ1n) is 8.23. The molecule has 1 aromatic carbocycles. The molecule has 0 radical (unpaired) electrons. The molecule has 0 amide bonds. The van der Waals surface area contributed by atoms with Crippen LogP contribution in [0.3, 0.4) is 0 Å². The van der Waals surface area contributed by atoms with Gasteiger partial charge in [0.05, 0.1) is 18.6 Å². The monoisotopic (exact) mass is 328 g/mol. The maximum Gasteiger partial charge on any atom is 0.390 e. The third kappa shape index (κ3) is 4.25. The van der Waals surface area contributed by atoms with E-state index in [1.807, 2.05) is 29.2 Å². The standard InChI is InChI=1S/C17H23F3N2O/c18-17(19,20)7-10-22-8-5-13(6-9-22)21-16-14-4-2-1-3-12(14)11-15(16)23/h1-4,13,15-16,21,23H,5-11H2/t15-,16+/m1/s1. The van der Waals surface area contributed by atoms with E-state index in [0.717, 1.165) is 18.4 Å². The molecule has 128 valence electrons. The van der Waals surface area contributed by atoms with Gasteiger partial charge in [-0.15, -0.1) is 0 Å². The first-order valence-corrected chi connectivity index (χ1v) is 8.23. The second-order valence-electron chi connectivity index (χ2n) is 6.60. The number of hydrogen-bond donors (Lipinski definition) is 2. The average Bonchev–Trinajstić information content (AvgIpc) is 2.82. The van der Waals surface area contributed by atoms with Gasteiger partial charge in [0.15, 0.2) is 0 Å². The van der Waals surface area contributed by atoms with Crippen molar-refractivity contribution in [3.63, 3.8) is 0 Å². The summed E-state index contributed by atoms with van der Waals surface area (Å²) in [5, 5.41) is 13.8. The van der Waals surface area contributed by atoms with E-state index in [9.17, 15) is 18.3 Å². The molecule has 1 aromatic rings. The zero-order valence-electron chi connectivity index (χ0n) is 13.0.